The summed E-state index contributed by atoms with van der Waals surface area (Å²) in [5, 5.41) is 4.89. The molecule has 2 aromatic rings. The zero-order valence-corrected chi connectivity index (χ0v) is 11.4. The molecule has 0 bridgehead atoms. The lowest BCUT2D eigenvalue weighted by Crippen LogP contribution is -2.24. The largest absolute Gasteiger partial charge is 0.351 e. The van der Waals surface area contributed by atoms with E-state index in [0.717, 1.165) is 14.9 Å². The van der Waals surface area contributed by atoms with Crippen molar-refractivity contribution in [2.45, 2.75) is 13.0 Å². The minimum absolute atomic E-state index is 0.0162. The minimum atomic E-state index is 0.0162. The molecule has 88 valence electrons. The number of aromatic nitrogens is 1. The molecular formula is C12H11BrN2OS. The molecule has 2 rings (SSSR count). The lowest BCUT2D eigenvalue weighted by Gasteiger charge is -2.03. The summed E-state index contributed by atoms with van der Waals surface area (Å²) in [4.78, 5) is 16.8. The van der Waals surface area contributed by atoms with Crippen LogP contribution in [0.1, 0.15) is 10.4 Å². The lowest BCUT2D eigenvalue weighted by molar-refractivity contribution is -0.120. The van der Waals surface area contributed by atoms with E-state index in [1.165, 1.54) is 0 Å². The summed E-state index contributed by atoms with van der Waals surface area (Å²) in [7, 11) is 0. The van der Waals surface area contributed by atoms with Gasteiger partial charge in [-0.15, -0.1) is 11.3 Å². The number of thiophene rings is 1. The van der Waals surface area contributed by atoms with Crippen LogP contribution >= 0.6 is 27.3 Å². The van der Waals surface area contributed by atoms with Gasteiger partial charge >= 0.3 is 0 Å². The van der Waals surface area contributed by atoms with Crippen molar-refractivity contribution >= 4 is 33.2 Å². The van der Waals surface area contributed by atoms with Gasteiger partial charge in [0, 0.05) is 27.1 Å². The van der Waals surface area contributed by atoms with Crippen LogP contribution in [0.2, 0.25) is 0 Å². The molecule has 1 amide bonds. The Kier molecular flexibility index (Phi) is 4.28. The maximum atomic E-state index is 11.6. The van der Waals surface area contributed by atoms with Gasteiger partial charge in [-0.25, -0.2) is 0 Å². The number of carbonyl (C=O) groups excluding carboxylic acids is 1. The fraction of sp³-hybridized carbons (Fsp3) is 0.167. The highest BCUT2D eigenvalue weighted by Crippen LogP contribution is 2.19. The van der Waals surface area contributed by atoms with Crippen LogP contribution in [0.3, 0.4) is 0 Å². The Morgan fingerprint density at radius 3 is 3.06 bits per heavy atom. The summed E-state index contributed by atoms with van der Waals surface area (Å²) in [6.07, 6.45) is 3.78. The molecule has 0 spiro atoms. The molecule has 0 aliphatic rings. The number of amides is 1. The molecule has 0 fully saturated rings. The summed E-state index contributed by atoms with van der Waals surface area (Å²) >= 11 is 5.01. The Morgan fingerprint density at radius 1 is 1.53 bits per heavy atom. The second-order valence-electron chi connectivity index (χ2n) is 3.55. The molecule has 0 radical (unpaired) electrons. The lowest BCUT2D eigenvalue weighted by atomic mass is 10.2. The molecule has 3 nitrogen and oxygen atoms in total. The Morgan fingerprint density at radius 2 is 2.41 bits per heavy atom. The van der Waals surface area contributed by atoms with E-state index in [9.17, 15) is 4.79 Å². The number of rotatable bonds is 4. The second-order valence-corrected chi connectivity index (χ2v) is 5.46. The standard InChI is InChI=1S/C12H11BrN2OS/c13-10-5-11(17-8-10)7-15-12(16)4-9-2-1-3-14-6-9/h1-3,5-6,8H,4,7H2,(H,15,16). The van der Waals surface area contributed by atoms with Gasteiger partial charge < -0.3 is 5.32 Å². The molecule has 1 N–H and O–H groups in total. The average Bonchev–Trinajstić information content (AvgIpc) is 2.74. The topological polar surface area (TPSA) is 42.0 Å². The highest BCUT2D eigenvalue weighted by atomic mass is 79.9. The van der Waals surface area contributed by atoms with E-state index >= 15 is 0 Å². The van der Waals surface area contributed by atoms with Crippen molar-refractivity contribution in [2.24, 2.45) is 0 Å². The molecule has 17 heavy (non-hydrogen) atoms. The van der Waals surface area contributed by atoms with Crippen LogP contribution < -0.4 is 5.32 Å². The summed E-state index contributed by atoms with van der Waals surface area (Å²) in [6, 6.07) is 5.74. The zero-order chi connectivity index (χ0) is 12.1. The third-order valence-corrected chi connectivity index (χ3v) is 3.87. The number of carbonyl (C=O) groups is 1. The maximum Gasteiger partial charge on any atom is 0.224 e. The molecule has 0 unspecified atom stereocenters. The third kappa shape index (κ3) is 3.94. The minimum Gasteiger partial charge on any atom is -0.351 e. The number of pyridine rings is 1. The highest BCUT2D eigenvalue weighted by Gasteiger charge is 2.04. The van der Waals surface area contributed by atoms with Gasteiger partial charge in [-0.3, -0.25) is 9.78 Å². The van der Waals surface area contributed by atoms with Crippen LogP contribution in [0, 0.1) is 0 Å². The fourth-order valence-electron chi connectivity index (χ4n) is 1.38. The molecule has 0 saturated heterocycles. The number of hydrogen-bond donors (Lipinski definition) is 1. The third-order valence-electron chi connectivity index (χ3n) is 2.17. The van der Waals surface area contributed by atoms with E-state index in [0.29, 0.717) is 13.0 Å². The van der Waals surface area contributed by atoms with Crippen molar-refractivity contribution in [3.63, 3.8) is 0 Å². The summed E-state index contributed by atoms with van der Waals surface area (Å²) in [5.74, 6) is 0.0162. The first kappa shape index (κ1) is 12.3. The molecule has 0 atom stereocenters. The van der Waals surface area contributed by atoms with Crippen molar-refractivity contribution in [1.29, 1.82) is 0 Å². The van der Waals surface area contributed by atoms with Crippen molar-refractivity contribution in [3.8, 4) is 0 Å². The summed E-state index contributed by atoms with van der Waals surface area (Å²) < 4.78 is 1.05. The Labute approximate surface area is 112 Å². The van der Waals surface area contributed by atoms with Crippen LogP contribution in [-0.4, -0.2) is 10.9 Å². The van der Waals surface area contributed by atoms with Crippen molar-refractivity contribution in [2.75, 3.05) is 0 Å². The van der Waals surface area contributed by atoms with E-state index in [1.807, 2.05) is 23.6 Å². The number of nitrogens with one attached hydrogen (secondary N) is 1. The fourth-order valence-corrected chi connectivity index (χ4v) is 2.77. The van der Waals surface area contributed by atoms with Gasteiger partial charge in [0.05, 0.1) is 13.0 Å². The SMILES string of the molecule is O=C(Cc1cccnc1)NCc1cc(Br)cs1. The van der Waals surface area contributed by atoms with Gasteiger partial charge in [0.15, 0.2) is 0 Å². The van der Waals surface area contributed by atoms with Gasteiger partial charge in [0.25, 0.3) is 0 Å². The van der Waals surface area contributed by atoms with Crippen LogP contribution in [0.15, 0.2) is 40.4 Å². The number of nitrogens with zero attached hydrogens (tertiary/aromatic N) is 1. The highest BCUT2D eigenvalue weighted by molar-refractivity contribution is 9.10. The molecular weight excluding hydrogens is 300 g/mol. The molecule has 0 saturated carbocycles. The van der Waals surface area contributed by atoms with Crippen molar-refractivity contribution < 1.29 is 4.79 Å². The number of hydrogen-bond acceptors (Lipinski definition) is 3. The average molecular weight is 311 g/mol. The Bertz CT molecular complexity index is 498. The maximum absolute atomic E-state index is 11.6. The zero-order valence-electron chi connectivity index (χ0n) is 9.02. The Balaban J connectivity index is 1.82. The molecule has 0 aromatic carbocycles. The van der Waals surface area contributed by atoms with E-state index < -0.39 is 0 Å². The summed E-state index contributed by atoms with van der Waals surface area (Å²) in [6.45, 7) is 0.579. The molecule has 0 aliphatic carbocycles. The van der Waals surface area contributed by atoms with E-state index in [2.05, 4.69) is 26.2 Å². The van der Waals surface area contributed by atoms with Crippen molar-refractivity contribution in [3.05, 3.63) is 50.9 Å². The van der Waals surface area contributed by atoms with Crippen LogP contribution in [0.4, 0.5) is 0 Å². The molecule has 2 heterocycles. The second kappa shape index (κ2) is 5.93. The monoisotopic (exact) mass is 310 g/mol. The Hall–Kier alpha value is -1.20. The van der Waals surface area contributed by atoms with Crippen LogP contribution in [0.25, 0.3) is 0 Å². The van der Waals surface area contributed by atoms with E-state index in [1.54, 1.807) is 23.7 Å². The van der Waals surface area contributed by atoms with Gasteiger partial charge in [-0.05, 0) is 33.6 Å². The van der Waals surface area contributed by atoms with Crippen molar-refractivity contribution in [1.82, 2.24) is 10.3 Å². The first-order valence-corrected chi connectivity index (χ1v) is 6.80. The van der Waals surface area contributed by atoms with Crippen LogP contribution in [-0.2, 0) is 17.8 Å². The first-order chi connectivity index (χ1) is 8.24. The predicted molar refractivity (Wildman–Crippen MR) is 71.8 cm³/mol. The van der Waals surface area contributed by atoms with Gasteiger partial charge in [-0.1, -0.05) is 6.07 Å². The van der Waals surface area contributed by atoms with Gasteiger partial charge in [-0.2, -0.15) is 0 Å². The molecule has 2 aromatic heterocycles. The van der Waals surface area contributed by atoms with E-state index in [4.69, 9.17) is 0 Å². The predicted octanol–water partition coefficient (Wildman–Crippen LogP) is 2.76. The molecule has 5 heteroatoms. The normalized spacial score (nSPS) is 10.2. The van der Waals surface area contributed by atoms with Gasteiger partial charge in [0.1, 0.15) is 0 Å². The number of halogens is 1. The quantitative estimate of drug-likeness (QED) is 0.943. The summed E-state index contributed by atoms with van der Waals surface area (Å²) in [5.41, 5.74) is 0.928. The van der Waals surface area contributed by atoms with Crippen LogP contribution in [0.5, 0.6) is 0 Å². The van der Waals surface area contributed by atoms with E-state index in [-0.39, 0.29) is 5.91 Å². The van der Waals surface area contributed by atoms with Gasteiger partial charge in [0.2, 0.25) is 5.91 Å². The molecule has 0 aliphatic heterocycles. The smallest absolute Gasteiger partial charge is 0.224 e. The first-order valence-electron chi connectivity index (χ1n) is 5.12.